The van der Waals surface area contributed by atoms with Crippen LogP contribution in [-0.4, -0.2) is 17.4 Å². The van der Waals surface area contributed by atoms with Crippen LogP contribution in [0.25, 0.3) is 0 Å². The summed E-state index contributed by atoms with van der Waals surface area (Å²) < 4.78 is 0. The van der Waals surface area contributed by atoms with E-state index in [-0.39, 0.29) is 108 Å². The fourth-order valence-electron chi connectivity index (χ4n) is 0. The van der Waals surface area contributed by atoms with Gasteiger partial charge in [-0.25, -0.2) is 0 Å². The summed E-state index contributed by atoms with van der Waals surface area (Å²) in [7, 11) is 0. The second-order valence-electron chi connectivity index (χ2n) is 0. The van der Waals surface area contributed by atoms with Gasteiger partial charge in [0.2, 0.25) is 0 Å². The van der Waals surface area contributed by atoms with E-state index in [1.54, 1.807) is 0 Å². The Morgan fingerprint density at radius 2 is 0.500 bits per heavy atom. The molecule has 6 heteroatoms. The summed E-state index contributed by atoms with van der Waals surface area (Å²) in [5.74, 6) is 0. The molecule has 0 saturated carbocycles. The van der Waals surface area contributed by atoms with Crippen LogP contribution >= 0.6 is 0 Å². The summed E-state index contributed by atoms with van der Waals surface area (Å²) in [5, 5.41) is 0. The van der Waals surface area contributed by atoms with Crippen LogP contribution in [0, 0.1) is 0 Å². The van der Waals surface area contributed by atoms with Crippen LogP contribution in [-0.2, 0) is 22.4 Å². The first kappa shape index (κ1) is 60.5. The number of hydrogen-bond acceptors (Lipinski definition) is 0. The van der Waals surface area contributed by atoms with E-state index in [1.807, 2.05) is 0 Å². The number of halogens is 4. The summed E-state index contributed by atoms with van der Waals surface area (Å²) in [6, 6.07) is 0. The molecule has 0 aromatic heterocycles. The first-order valence-electron chi connectivity index (χ1n) is 0. The van der Waals surface area contributed by atoms with Crippen LogP contribution in [0.5, 0.6) is 0 Å². The summed E-state index contributed by atoms with van der Waals surface area (Å²) >= 11 is 0. The van der Waals surface area contributed by atoms with Crippen molar-refractivity contribution in [2.45, 2.75) is 0 Å². The standard InChI is InChI=1S/Ag.Al.4BrH/h;;4*1H/q+1;+3;;;;/p-4. The molecule has 0 spiro atoms. The molecule has 42 valence electrons. The minimum atomic E-state index is 0. The van der Waals surface area contributed by atoms with Gasteiger partial charge in [-0.3, -0.25) is 0 Å². The van der Waals surface area contributed by atoms with Gasteiger partial charge in [-0.15, -0.1) is 0 Å². The smallest absolute Gasteiger partial charge is 1.00 e. The van der Waals surface area contributed by atoms with Crippen LogP contribution in [0.4, 0.5) is 0 Å². The Balaban J connectivity index is 0. The third-order valence-corrected chi connectivity index (χ3v) is 0. The molecule has 0 aliphatic carbocycles. The van der Waals surface area contributed by atoms with Gasteiger partial charge >= 0.3 is 39.7 Å². The first-order chi connectivity index (χ1) is 0. The zero-order chi connectivity index (χ0) is 0. The summed E-state index contributed by atoms with van der Waals surface area (Å²) in [6.45, 7) is 0. The van der Waals surface area contributed by atoms with Gasteiger partial charge in [-0.05, 0) is 0 Å². The molecule has 0 amide bonds. The van der Waals surface area contributed by atoms with Gasteiger partial charge in [0.25, 0.3) is 0 Å². The van der Waals surface area contributed by atoms with Crippen molar-refractivity contribution in [3.05, 3.63) is 0 Å². The molecule has 0 radical (unpaired) electrons. The summed E-state index contributed by atoms with van der Waals surface area (Å²) in [6.07, 6.45) is 0. The monoisotopic (exact) mass is 450 g/mol. The van der Waals surface area contributed by atoms with Gasteiger partial charge in [-0.1, -0.05) is 0 Å². The molecule has 0 aliphatic heterocycles. The van der Waals surface area contributed by atoms with Gasteiger partial charge in [-0.2, -0.15) is 0 Å². The number of hydrogen-bond donors (Lipinski definition) is 0. The average Bonchev–Trinajstić information content (AvgIpc) is 0. The van der Waals surface area contributed by atoms with Crippen molar-refractivity contribution in [1.82, 2.24) is 0 Å². The van der Waals surface area contributed by atoms with Gasteiger partial charge in [0.1, 0.15) is 0 Å². The molecule has 0 atom stereocenters. The molecule has 0 heterocycles. The molecular weight excluding hydrogens is 454 g/mol. The van der Waals surface area contributed by atoms with E-state index in [1.165, 1.54) is 0 Å². The van der Waals surface area contributed by atoms with Crippen molar-refractivity contribution in [2.24, 2.45) is 0 Å². The predicted molar refractivity (Wildman–Crippen MR) is 5.75 cm³/mol. The fourth-order valence-corrected chi connectivity index (χ4v) is 0. The zero-order valence-electron chi connectivity index (χ0n) is 2.39. The molecule has 0 N–H and O–H groups in total. The van der Waals surface area contributed by atoms with E-state index < -0.39 is 0 Å². The molecule has 0 fully saturated rings. The zero-order valence-corrected chi connectivity index (χ0v) is 11.4. The Morgan fingerprint density at radius 1 is 0.500 bits per heavy atom. The molecule has 0 aliphatic rings. The van der Waals surface area contributed by atoms with Crippen LogP contribution in [0.3, 0.4) is 0 Å². The second-order valence-corrected chi connectivity index (χ2v) is 0. The normalized spacial score (nSPS) is 0. The van der Waals surface area contributed by atoms with Crippen molar-refractivity contribution < 1.29 is 90.3 Å². The second kappa shape index (κ2) is 41.6. The molecule has 0 nitrogen and oxygen atoms in total. The van der Waals surface area contributed by atoms with Gasteiger partial charge in [0.05, 0.1) is 0 Å². The maximum atomic E-state index is 0. The van der Waals surface area contributed by atoms with Gasteiger partial charge in [0, 0.05) is 0 Å². The van der Waals surface area contributed by atoms with Crippen LogP contribution in [0.15, 0.2) is 0 Å². The molecule has 0 rings (SSSR count). The van der Waals surface area contributed by atoms with E-state index in [4.69, 9.17) is 0 Å². The van der Waals surface area contributed by atoms with E-state index >= 15 is 0 Å². The van der Waals surface area contributed by atoms with Crippen LogP contribution in [0.1, 0.15) is 0 Å². The van der Waals surface area contributed by atoms with E-state index in [2.05, 4.69) is 0 Å². The van der Waals surface area contributed by atoms with Crippen molar-refractivity contribution in [3.63, 3.8) is 0 Å². The van der Waals surface area contributed by atoms with Crippen molar-refractivity contribution in [1.29, 1.82) is 0 Å². The SMILES string of the molecule is [Ag+].[Al+3].[Br-].[Br-].[Br-].[Br-]. The molecule has 0 saturated heterocycles. The third-order valence-electron chi connectivity index (χ3n) is 0. The Hall–Kier alpha value is 3.19. The Morgan fingerprint density at radius 3 is 0.500 bits per heavy atom. The largest absolute Gasteiger partial charge is 3.00 e. The van der Waals surface area contributed by atoms with Crippen LogP contribution < -0.4 is 67.9 Å². The average molecular weight is 454 g/mol. The quantitative estimate of drug-likeness (QED) is 0.319. The molecule has 0 bridgehead atoms. The molecule has 0 aromatic rings. The van der Waals surface area contributed by atoms with Crippen molar-refractivity contribution in [3.8, 4) is 0 Å². The van der Waals surface area contributed by atoms with Crippen LogP contribution in [0.2, 0.25) is 0 Å². The molecular formula is AgAlBr4. The van der Waals surface area contributed by atoms with Gasteiger partial charge in [0.15, 0.2) is 0 Å². The van der Waals surface area contributed by atoms with E-state index in [0.29, 0.717) is 0 Å². The molecule has 0 aromatic carbocycles. The topological polar surface area (TPSA) is 0 Å². The molecule has 6 heavy (non-hydrogen) atoms. The number of rotatable bonds is 0. The third kappa shape index (κ3) is 27.1. The van der Waals surface area contributed by atoms with Crippen molar-refractivity contribution in [2.75, 3.05) is 0 Å². The van der Waals surface area contributed by atoms with Gasteiger partial charge < -0.3 is 67.9 Å². The summed E-state index contributed by atoms with van der Waals surface area (Å²) in [4.78, 5) is 0. The predicted octanol–water partition coefficient (Wildman–Crippen LogP) is -12.4. The maximum absolute atomic E-state index is 0. The Kier molecular flexibility index (Phi) is 419. The summed E-state index contributed by atoms with van der Waals surface area (Å²) in [5.41, 5.74) is 0. The first-order valence-corrected chi connectivity index (χ1v) is 0. The Labute approximate surface area is 106 Å². The maximum Gasteiger partial charge on any atom is 3.00 e. The minimum Gasteiger partial charge on any atom is -1.00 e. The Bertz CT molecular complexity index is 7.51. The fraction of sp³-hybridized carbons (Fsp3) is 0. The minimum absolute atomic E-state index is 0. The van der Waals surface area contributed by atoms with E-state index in [0.717, 1.165) is 0 Å². The van der Waals surface area contributed by atoms with Crippen molar-refractivity contribution >= 4 is 17.4 Å². The molecule has 0 unspecified atom stereocenters. The van der Waals surface area contributed by atoms with E-state index in [9.17, 15) is 0 Å².